The summed E-state index contributed by atoms with van der Waals surface area (Å²) in [7, 11) is 0. The first-order chi connectivity index (χ1) is 27.3. The molecule has 0 fully saturated rings. The lowest BCUT2D eigenvalue weighted by atomic mass is 10.1. The molecule has 0 aliphatic heterocycles. The molecule has 6 rings (SSSR count). The molecule has 0 radical (unpaired) electrons. The quantitative estimate of drug-likeness (QED) is 0.111. The number of nitrogens with two attached hydrogens (primary N) is 2. The molecule has 0 saturated carbocycles. The summed E-state index contributed by atoms with van der Waals surface area (Å²) in [6, 6.07) is 25.0. The predicted molar refractivity (Wildman–Crippen MR) is 208 cm³/mol. The first-order valence-corrected chi connectivity index (χ1v) is 17.3. The number of halogens is 6. The molecule has 10 nitrogen and oxygen atoms in total. The van der Waals surface area contributed by atoms with Crippen molar-refractivity contribution in [2.24, 2.45) is 0 Å². The number of carbonyl (C=O) groups is 2. The van der Waals surface area contributed by atoms with E-state index in [1.807, 2.05) is 13.8 Å². The van der Waals surface area contributed by atoms with E-state index < -0.39 is 35.3 Å². The van der Waals surface area contributed by atoms with Crippen LogP contribution in [0.1, 0.15) is 54.4 Å². The normalized spacial score (nSPS) is 11.2. The first kappa shape index (κ1) is 42.1. The zero-order valence-corrected chi connectivity index (χ0v) is 31.3. The minimum absolute atomic E-state index is 0.0332. The number of anilines is 4. The van der Waals surface area contributed by atoms with Gasteiger partial charge in [0.15, 0.2) is 0 Å². The second-order valence-electron chi connectivity index (χ2n) is 12.9. The summed E-state index contributed by atoms with van der Waals surface area (Å²) in [5, 5.41) is 5.40. The number of amides is 2. The summed E-state index contributed by atoms with van der Waals surface area (Å²) in [6.45, 7) is 7.25. The van der Waals surface area contributed by atoms with Gasteiger partial charge in [-0.1, -0.05) is 18.2 Å². The van der Waals surface area contributed by atoms with Gasteiger partial charge >= 0.3 is 12.4 Å². The van der Waals surface area contributed by atoms with Gasteiger partial charge in [0.1, 0.15) is 34.6 Å². The standard InChI is InChI=1S/2C21H18F3N3O2/c1-12-9-18(19(25)26-13(12)2)20(28)27-15-6-4-8-17(11-15)29-16-7-3-5-14(10-16)21(22,23)24;1-12-10-18(19(25)26-13(12)2)20(28)27-15-4-3-5-17(11-15)29-16-8-6-14(7-9-16)21(22,23)24/h2*3-11H,1-2H3,(H2,25,26)(H,27,28). The second-order valence-corrected chi connectivity index (χ2v) is 12.9. The summed E-state index contributed by atoms with van der Waals surface area (Å²) < 4.78 is 87.5. The average Bonchev–Trinajstić information content (AvgIpc) is 3.15. The average molecular weight is 803 g/mol. The molecule has 2 amide bonds. The number of benzene rings is 4. The van der Waals surface area contributed by atoms with Crippen LogP contribution in [-0.4, -0.2) is 21.8 Å². The van der Waals surface area contributed by atoms with Gasteiger partial charge in [0.05, 0.1) is 22.3 Å². The van der Waals surface area contributed by atoms with E-state index in [1.54, 1.807) is 68.4 Å². The van der Waals surface area contributed by atoms with Crippen molar-refractivity contribution in [1.29, 1.82) is 0 Å². The molecule has 0 unspecified atom stereocenters. The monoisotopic (exact) mass is 802 g/mol. The number of nitrogens with zero attached hydrogens (tertiary/aromatic N) is 2. The lowest BCUT2D eigenvalue weighted by molar-refractivity contribution is -0.138. The molecule has 0 atom stereocenters. The van der Waals surface area contributed by atoms with Gasteiger partial charge < -0.3 is 31.6 Å². The van der Waals surface area contributed by atoms with Crippen molar-refractivity contribution in [2.75, 3.05) is 22.1 Å². The van der Waals surface area contributed by atoms with E-state index in [-0.39, 0.29) is 40.0 Å². The summed E-state index contributed by atoms with van der Waals surface area (Å²) in [4.78, 5) is 33.3. The minimum Gasteiger partial charge on any atom is -0.457 e. The third-order valence-electron chi connectivity index (χ3n) is 8.48. The fraction of sp³-hybridized carbons (Fsp3) is 0.143. The Morgan fingerprint density at radius 1 is 0.517 bits per heavy atom. The van der Waals surface area contributed by atoms with Crippen LogP contribution in [0.3, 0.4) is 0 Å². The molecule has 0 bridgehead atoms. The highest BCUT2D eigenvalue weighted by Crippen LogP contribution is 2.34. The summed E-state index contributed by atoms with van der Waals surface area (Å²) in [5.41, 5.74) is 14.6. The number of aryl methyl sites for hydroxylation is 4. The Hall–Kier alpha value is -7.10. The third kappa shape index (κ3) is 11.0. The topological polar surface area (TPSA) is 154 Å². The van der Waals surface area contributed by atoms with Crippen molar-refractivity contribution in [3.63, 3.8) is 0 Å². The fourth-order valence-electron chi connectivity index (χ4n) is 5.20. The highest BCUT2D eigenvalue weighted by molar-refractivity contribution is 6.08. The van der Waals surface area contributed by atoms with Gasteiger partial charge in [-0.2, -0.15) is 26.3 Å². The van der Waals surface area contributed by atoms with E-state index in [0.717, 1.165) is 46.8 Å². The molecule has 0 saturated heterocycles. The number of aromatic nitrogens is 2. The molecule has 2 aromatic heterocycles. The number of hydrogen-bond acceptors (Lipinski definition) is 8. The molecule has 0 aliphatic carbocycles. The Balaban J connectivity index is 0.000000221. The molecule has 6 aromatic rings. The number of pyridine rings is 2. The van der Waals surface area contributed by atoms with Crippen LogP contribution in [0.5, 0.6) is 23.0 Å². The number of alkyl halides is 6. The maximum atomic E-state index is 12.8. The number of carbonyl (C=O) groups excluding carboxylic acids is 2. The summed E-state index contributed by atoms with van der Waals surface area (Å²) >= 11 is 0. The van der Waals surface area contributed by atoms with Crippen molar-refractivity contribution >= 4 is 34.8 Å². The van der Waals surface area contributed by atoms with Crippen molar-refractivity contribution in [3.05, 3.63) is 154 Å². The molecule has 6 N–H and O–H groups in total. The zero-order chi connectivity index (χ0) is 42.4. The fourth-order valence-corrected chi connectivity index (χ4v) is 5.20. The second kappa shape index (κ2) is 17.4. The van der Waals surface area contributed by atoms with Gasteiger partial charge in [-0.3, -0.25) is 9.59 Å². The van der Waals surface area contributed by atoms with Crippen molar-refractivity contribution < 1.29 is 45.4 Å². The summed E-state index contributed by atoms with van der Waals surface area (Å²) in [6.07, 6.45) is -8.87. The molecule has 58 heavy (non-hydrogen) atoms. The van der Waals surface area contributed by atoms with Gasteiger partial charge in [0.25, 0.3) is 11.8 Å². The first-order valence-electron chi connectivity index (χ1n) is 17.3. The number of rotatable bonds is 8. The minimum atomic E-state index is -4.46. The predicted octanol–water partition coefficient (Wildman–Crippen LogP) is 10.7. The van der Waals surface area contributed by atoms with Crippen LogP contribution in [0.25, 0.3) is 0 Å². The van der Waals surface area contributed by atoms with E-state index in [4.69, 9.17) is 20.9 Å². The zero-order valence-electron chi connectivity index (χ0n) is 31.3. The smallest absolute Gasteiger partial charge is 0.416 e. The maximum absolute atomic E-state index is 12.8. The van der Waals surface area contributed by atoms with E-state index >= 15 is 0 Å². The Morgan fingerprint density at radius 2 is 0.914 bits per heavy atom. The van der Waals surface area contributed by atoms with Crippen LogP contribution in [0, 0.1) is 27.7 Å². The lowest BCUT2D eigenvalue weighted by Crippen LogP contribution is -2.15. The SMILES string of the molecule is Cc1cc(C(=O)Nc2cccc(Oc3ccc(C(F)(F)F)cc3)c2)c(N)nc1C.Cc1cc(C(=O)Nc2cccc(Oc3cccc(C(F)(F)F)c3)c2)c(N)nc1C. The number of hydrogen-bond donors (Lipinski definition) is 4. The van der Waals surface area contributed by atoms with Crippen LogP contribution < -0.4 is 31.6 Å². The van der Waals surface area contributed by atoms with Crippen molar-refractivity contribution in [2.45, 2.75) is 40.0 Å². The highest BCUT2D eigenvalue weighted by Gasteiger charge is 2.31. The molecular formula is C42H36F6N6O4. The number of ether oxygens (including phenoxy) is 2. The summed E-state index contributed by atoms with van der Waals surface area (Å²) in [5.74, 6) is 0.265. The van der Waals surface area contributed by atoms with Gasteiger partial charge in [-0.05, 0) is 118 Å². The molecule has 16 heteroatoms. The molecule has 0 spiro atoms. The van der Waals surface area contributed by atoms with Crippen LogP contribution >= 0.6 is 0 Å². The van der Waals surface area contributed by atoms with Gasteiger partial charge in [0.2, 0.25) is 0 Å². The third-order valence-corrected chi connectivity index (χ3v) is 8.48. The van der Waals surface area contributed by atoms with Crippen LogP contribution in [0.2, 0.25) is 0 Å². The maximum Gasteiger partial charge on any atom is 0.416 e. The van der Waals surface area contributed by atoms with Crippen LogP contribution in [0.4, 0.5) is 49.4 Å². The number of nitrogen functional groups attached to an aromatic ring is 2. The van der Waals surface area contributed by atoms with E-state index in [0.29, 0.717) is 17.1 Å². The number of nitrogens with one attached hydrogen (secondary N) is 2. The molecule has 300 valence electrons. The van der Waals surface area contributed by atoms with E-state index in [9.17, 15) is 35.9 Å². The van der Waals surface area contributed by atoms with Crippen LogP contribution in [-0.2, 0) is 12.4 Å². The Bertz CT molecular complexity index is 2450. The van der Waals surface area contributed by atoms with Gasteiger partial charge in [-0.15, -0.1) is 0 Å². The largest absolute Gasteiger partial charge is 0.457 e. The van der Waals surface area contributed by atoms with Crippen LogP contribution in [0.15, 0.2) is 109 Å². The molecule has 2 heterocycles. The van der Waals surface area contributed by atoms with E-state index in [1.165, 1.54) is 30.3 Å². The van der Waals surface area contributed by atoms with Crippen molar-refractivity contribution in [3.8, 4) is 23.0 Å². The molecular weight excluding hydrogens is 766 g/mol. The Labute approximate surface area is 328 Å². The van der Waals surface area contributed by atoms with Gasteiger partial charge in [-0.25, -0.2) is 9.97 Å². The Kier molecular flexibility index (Phi) is 12.6. The van der Waals surface area contributed by atoms with Gasteiger partial charge in [0, 0.05) is 34.9 Å². The molecule has 4 aromatic carbocycles. The highest BCUT2D eigenvalue weighted by atomic mass is 19.4. The lowest BCUT2D eigenvalue weighted by Gasteiger charge is -2.12. The molecule has 0 aliphatic rings. The Morgan fingerprint density at radius 3 is 1.34 bits per heavy atom. The van der Waals surface area contributed by atoms with E-state index in [2.05, 4.69) is 20.6 Å². The van der Waals surface area contributed by atoms with Crippen molar-refractivity contribution in [1.82, 2.24) is 9.97 Å².